The van der Waals surface area contributed by atoms with Crippen LogP contribution in [-0.4, -0.2) is 150 Å². The van der Waals surface area contributed by atoms with Crippen molar-refractivity contribution in [3.8, 4) is 0 Å². The zero-order valence-electron chi connectivity index (χ0n) is 21.4. The van der Waals surface area contributed by atoms with Gasteiger partial charge in [-0.2, -0.15) is 0 Å². The molecule has 0 aromatic heterocycles. The maximum atomic E-state index is 12.5. The van der Waals surface area contributed by atoms with Crippen molar-refractivity contribution in [3.63, 3.8) is 0 Å². The van der Waals surface area contributed by atoms with Crippen LogP contribution in [-0.2, 0) is 27.5 Å². The van der Waals surface area contributed by atoms with Crippen molar-refractivity contribution in [2.45, 2.75) is 88.4 Å². The SMILES string of the molecule is CCO[Si](CCCNC(=O)[C@H](O)[C@@H](O)[C@H](O[C@H]1O[C@H](CO)[C@@H](O)[C@H](O)[C@H]1O)[C@H](O)CO)(OCC)OCC. The lowest BCUT2D eigenvalue weighted by Gasteiger charge is -2.42. The number of nitrogens with one attached hydrogen (secondary N) is 1. The summed E-state index contributed by atoms with van der Waals surface area (Å²) in [7, 11) is -2.94. The zero-order valence-corrected chi connectivity index (χ0v) is 22.4. The molecule has 0 spiro atoms. The second-order valence-electron chi connectivity index (χ2n) is 8.36. The first-order chi connectivity index (χ1) is 17.5. The van der Waals surface area contributed by atoms with Gasteiger partial charge in [0.1, 0.15) is 42.7 Å². The summed E-state index contributed by atoms with van der Waals surface area (Å²) in [5.74, 6) is -1.02. The van der Waals surface area contributed by atoms with E-state index in [1.165, 1.54) is 0 Å². The smallest absolute Gasteiger partial charge is 0.394 e. The fourth-order valence-corrected chi connectivity index (χ4v) is 6.41. The van der Waals surface area contributed by atoms with Crippen LogP contribution in [0.4, 0.5) is 0 Å². The predicted molar refractivity (Wildman–Crippen MR) is 127 cm³/mol. The molecule has 37 heavy (non-hydrogen) atoms. The molecule has 9 atom stereocenters. The molecule has 220 valence electrons. The van der Waals surface area contributed by atoms with E-state index in [2.05, 4.69) is 5.32 Å². The van der Waals surface area contributed by atoms with Gasteiger partial charge in [0.05, 0.1) is 13.2 Å². The molecule has 1 saturated heterocycles. The molecule has 0 aliphatic carbocycles. The molecule has 15 nitrogen and oxygen atoms in total. The lowest BCUT2D eigenvalue weighted by molar-refractivity contribution is -0.326. The third-order valence-electron chi connectivity index (χ3n) is 5.69. The van der Waals surface area contributed by atoms with Crippen LogP contribution in [0.1, 0.15) is 27.2 Å². The van der Waals surface area contributed by atoms with E-state index >= 15 is 0 Å². The molecular weight excluding hydrogens is 518 g/mol. The average molecular weight is 562 g/mol. The highest BCUT2D eigenvalue weighted by molar-refractivity contribution is 6.60. The van der Waals surface area contributed by atoms with Crippen LogP contribution in [0.3, 0.4) is 0 Å². The van der Waals surface area contributed by atoms with E-state index in [1.54, 1.807) is 0 Å². The molecule has 0 radical (unpaired) electrons. The second kappa shape index (κ2) is 17.0. The van der Waals surface area contributed by atoms with Gasteiger partial charge < -0.3 is 68.9 Å². The summed E-state index contributed by atoms with van der Waals surface area (Å²) in [6.45, 7) is 4.91. The molecule has 0 saturated carbocycles. The molecule has 0 aromatic rings. The summed E-state index contributed by atoms with van der Waals surface area (Å²) in [5.41, 5.74) is 0. The Morgan fingerprint density at radius 3 is 2.00 bits per heavy atom. The van der Waals surface area contributed by atoms with Crippen molar-refractivity contribution in [3.05, 3.63) is 0 Å². The van der Waals surface area contributed by atoms with E-state index in [0.717, 1.165) is 0 Å². The summed E-state index contributed by atoms with van der Waals surface area (Å²) >= 11 is 0. The van der Waals surface area contributed by atoms with E-state index in [-0.39, 0.29) is 6.54 Å². The van der Waals surface area contributed by atoms with Gasteiger partial charge in [0.15, 0.2) is 12.4 Å². The predicted octanol–water partition coefficient (Wildman–Crippen LogP) is -4.20. The highest BCUT2D eigenvalue weighted by Gasteiger charge is 2.47. The maximum Gasteiger partial charge on any atom is 0.500 e. The minimum atomic E-state index is -2.94. The van der Waals surface area contributed by atoms with Crippen LogP contribution in [0.25, 0.3) is 0 Å². The molecule has 1 aliphatic heterocycles. The fraction of sp³-hybridized carbons (Fsp3) is 0.952. The number of carbonyl (C=O) groups is 1. The number of rotatable bonds is 18. The topological polar surface area (TPSA) is 237 Å². The third kappa shape index (κ3) is 9.70. The van der Waals surface area contributed by atoms with Crippen LogP contribution < -0.4 is 5.32 Å². The Bertz CT molecular complexity index is 629. The van der Waals surface area contributed by atoms with E-state index in [1.807, 2.05) is 20.8 Å². The summed E-state index contributed by atoms with van der Waals surface area (Å²) in [5, 5.41) is 82.0. The molecule has 0 unspecified atom stereocenters. The van der Waals surface area contributed by atoms with Crippen molar-refractivity contribution in [2.75, 3.05) is 39.6 Å². The molecule has 9 N–H and O–H groups in total. The van der Waals surface area contributed by atoms with Gasteiger partial charge in [-0.3, -0.25) is 4.79 Å². The Hall–Kier alpha value is -0.833. The number of ether oxygens (including phenoxy) is 2. The Labute approximate surface area is 216 Å². The first-order valence-electron chi connectivity index (χ1n) is 12.3. The van der Waals surface area contributed by atoms with E-state index in [4.69, 9.17) is 22.8 Å². The summed E-state index contributed by atoms with van der Waals surface area (Å²) in [6.07, 6.45) is -16.1. The molecular formula is C21H43NO14Si. The largest absolute Gasteiger partial charge is 0.500 e. The third-order valence-corrected chi connectivity index (χ3v) is 8.84. The quantitative estimate of drug-likeness (QED) is 0.0570. The minimum absolute atomic E-state index is 0.0609. The first kappa shape index (κ1) is 34.2. The molecule has 1 rings (SSSR count). The van der Waals surface area contributed by atoms with Gasteiger partial charge in [0.25, 0.3) is 5.91 Å². The van der Waals surface area contributed by atoms with Crippen LogP contribution >= 0.6 is 0 Å². The number of carbonyl (C=O) groups excluding carboxylic acids is 1. The Morgan fingerprint density at radius 1 is 0.946 bits per heavy atom. The number of aliphatic hydroxyl groups excluding tert-OH is 8. The number of hydrogen-bond donors (Lipinski definition) is 9. The van der Waals surface area contributed by atoms with Crippen molar-refractivity contribution in [1.82, 2.24) is 5.32 Å². The minimum Gasteiger partial charge on any atom is -0.394 e. The highest BCUT2D eigenvalue weighted by atomic mass is 28.4. The Kier molecular flexibility index (Phi) is 15.7. The summed E-state index contributed by atoms with van der Waals surface area (Å²) in [4.78, 5) is 12.5. The van der Waals surface area contributed by atoms with E-state index in [0.29, 0.717) is 32.3 Å². The monoisotopic (exact) mass is 561 g/mol. The zero-order chi connectivity index (χ0) is 28.2. The molecule has 16 heteroatoms. The maximum absolute atomic E-state index is 12.5. The van der Waals surface area contributed by atoms with E-state index < -0.39 is 83.0 Å². The van der Waals surface area contributed by atoms with Gasteiger partial charge in [0.2, 0.25) is 0 Å². The van der Waals surface area contributed by atoms with Crippen LogP contribution in [0.5, 0.6) is 0 Å². The van der Waals surface area contributed by atoms with Gasteiger partial charge in [-0.25, -0.2) is 0 Å². The van der Waals surface area contributed by atoms with Gasteiger partial charge in [-0.1, -0.05) is 0 Å². The lowest BCUT2D eigenvalue weighted by Crippen LogP contribution is -2.62. The molecule has 0 aromatic carbocycles. The van der Waals surface area contributed by atoms with Crippen LogP contribution in [0.2, 0.25) is 6.04 Å². The standard InChI is InChI=1S/C21H43NO14Si/c1-4-32-37(33-5-2,34-6-3)9-7-8-22-20(31)17(29)16(28)19(12(25)10-23)36-21-18(30)15(27)14(26)13(11-24)35-21/h12-19,21,23-30H,4-11H2,1-3H3,(H,22,31)/t12-,13-,14-,15+,16-,17-,18-,19-,21-/m1/s1. The van der Waals surface area contributed by atoms with Crippen LogP contribution in [0.15, 0.2) is 0 Å². The van der Waals surface area contributed by atoms with Crippen molar-refractivity contribution in [2.24, 2.45) is 0 Å². The molecule has 0 bridgehead atoms. The van der Waals surface area contributed by atoms with Crippen molar-refractivity contribution < 1.29 is 68.4 Å². The first-order valence-corrected chi connectivity index (χ1v) is 14.3. The fourth-order valence-electron chi connectivity index (χ4n) is 3.79. The van der Waals surface area contributed by atoms with Crippen LogP contribution in [0, 0.1) is 0 Å². The summed E-state index contributed by atoms with van der Waals surface area (Å²) < 4.78 is 27.6. The number of aliphatic hydroxyl groups is 8. The Morgan fingerprint density at radius 2 is 1.51 bits per heavy atom. The van der Waals surface area contributed by atoms with Crippen molar-refractivity contribution >= 4 is 14.7 Å². The number of hydrogen-bond acceptors (Lipinski definition) is 14. The van der Waals surface area contributed by atoms with Gasteiger partial charge in [-0.05, 0) is 27.2 Å². The number of amides is 1. The molecule has 1 amide bonds. The molecule has 1 fully saturated rings. The van der Waals surface area contributed by atoms with Gasteiger partial charge in [0, 0.05) is 32.4 Å². The summed E-state index contributed by atoms with van der Waals surface area (Å²) in [6, 6.07) is 0.382. The Balaban J connectivity index is 2.79. The highest BCUT2D eigenvalue weighted by Crippen LogP contribution is 2.25. The normalized spacial score (nSPS) is 27.9. The molecule has 1 aliphatic rings. The van der Waals surface area contributed by atoms with Gasteiger partial charge >= 0.3 is 8.80 Å². The second-order valence-corrected chi connectivity index (χ2v) is 11.1. The van der Waals surface area contributed by atoms with Gasteiger partial charge in [-0.15, -0.1) is 0 Å². The van der Waals surface area contributed by atoms with E-state index in [9.17, 15) is 45.6 Å². The van der Waals surface area contributed by atoms with Crippen molar-refractivity contribution in [1.29, 1.82) is 0 Å². The lowest BCUT2D eigenvalue weighted by atomic mass is 9.98. The average Bonchev–Trinajstić information content (AvgIpc) is 2.88. The molecule has 1 heterocycles.